The SMILES string of the molecule is COc1cc(OCCC(C)(C)NC(=O)C(=O)Nc2ccc(C3CN=CO3)c(OC)c2)ccc1C(=O)OCc1ccccc1. The first-order chi connectivity index (χ1) is 20.7. The molecule has 1 aliphatic heterocycles. The van der Waals surface area contributed by atoms with Crippen LogP contribution in [0.2, 0.25) is 0 Å². The summed E-state index contributed by atoms with van der Waals surface area (Å²) in [6, 6.07) is 19.3. The Kier molecular flexibility index (Phi) is 10.2. The van der Waals surface area contributed by atoms with Crippen molar-refractivity contribution >= 4 is 29.9 Å². The predicted octanol–water partition coefficient (Wildman–Crippen LogP) is 4.46. The molecule has 1 unspecified atom stereocenters. The van der Waals surface area contributed by atoms with Gasteiger partial charge in [0.05, 0.1) is 27.4 Å². The van der Waals surface area contributed by atoms with E-state index in [4.69, 9.17) is 23.7 Å². The van der Waals surface area contributed by atoms with Crippen molar-refractivity contribution in [1.82, 2.24) is 5.32 Å². The summed E-state index contributed by atoms with van der Waals surface area (Å²) in [4.78, 5) is 41.9. The summed E-state index contributed by atoms with van der Waals surface area (Å²) in [6.45, 7) is 4.42. The molecular formula is C32H35N3O8. The van der Waals surface area contributed by atoms with Crippen LogP contribution in [0.15, 0.2) is 71.7 Å². The molecular weight excluding hydrogens is 554 g/mol. The zero-order valence-electron chi connectivity index (χ0n) is 24.5. The lowest BCUT2D eigenvalue weighted by atomic mass is 10.0. The number of nitrogens with zero attached hydrogens (tertiary/aromatic N) is 1. The van der Waals surface area contributed by atoms with Gasteiger partial charge in [-0.2, -0.15) is 0 Å². The number of anilines is 1. The van der Waals surface area contributed by atoms with E-state index in [9.17, 15) is 14.4 Å². The number of carbonyl (C=O) groups is 3. The maximum Gasteiger partial charge on any atom is 0.342 e. The lowest BCUT2D eigenvalue weighted by Gasteiger charge is -2.26. The lowest BCUT2D eigenvalue weighted by Crippen LogP contribution is -2.48. The minimum Gasteiger partial charge on any atom is -0.496 e. The second kappa shape index (κ2) is 14.2. The van der Waals surface area contributed by atoms with Crippen LogP contribution in [-0.4, -0.2) is 57.1 Å². The Balaban J connectivity index is 1.26. The van der Waals surface area contributed by atoms with Crippen LogP contribution in [0.1, 0.15) is 47.9 Å². The fourth-order valence-electron chi connectivity index (χ4n) is 4.29. The third-order valence-corrected chi connectivity index (χ3v) is 6.67. The first kappa shape index (κ1) is 30.9. The number of amides is 2. The number of aliphatic imine (C=N–C) groups is 1. The van der Waals surface area contributed by atoms with Crippen LogP contribution in [0.3, 0.4) is 0 Å². The van der Waals surface area contributed by atoms with E-state index < -0.39 is 23.3 Å². The minimum atomic E-state index is -0.816. The van der Waals surface area contributed by atoms with Gasteiger partial charge in [0, 0.05) is 35.3 Å². The van der Waals surface area contributed by atoms with Crippen LogP contribution in [0.25, 0.3) is 0 Å². The Hall–Kier alpha value is -5.06. The highest BCUT2D eigenvalue weighted by Crippen LogP contribution is 2.32. The third-order valence-electron chi connectivity index (χ3n) is 6.67. The van der Waals surface area contributed by atoms with Crippen molar-refractivity contribution < 1.29 is 38.1 Å². The molecule has 11 heteroatoms. The average Bonchev–Trinajstić information content (AvgIpc) is 3.55. The largest absolute Gasteiger partial charge is 0.496 e. The molecule has 1 atom stereocenters. The van der Waals surface area contributed by atoms with Crippen molar-refractivity contribution in [3.63, 3.8) is 0 Å². The van der Waals surface area contributed by atoms with E-state index >= 15 is 0 Å². The van der Waals surface area contributed by atoms with Gasteiger partial charge in [-0.1, -0.05) is 30.3 Å². The number of rotatable bonds is 12. The van der Waals surface area contributed by atoms with E-state index in [0.29, 0.717) is 35.9 Å². The van der Waals surface area contributed by atoms with Gasteiger partial charge in [-0.3, -0.25) is 14.6 Å². The van der Waals surface area contributed by atoms with Crippen molar-refractivity contribution in [2.24, 2.45) is 4.99 Å². The molecule has 0 spiro atoms. The summed E-state index contributed by atoms with van der Waals surface area (Å²) in [5.74, 6) is -0.817. The second-order valence-electron chi connectivity index (χ2n) is 10.4. The van der Waals surface area contributed by atoms with Crippen LogP contribution < -0.4 is 24.8 Å². The number of nitrogens with one attached hydrogen (secondary N) is 2. The molecule has 0 bridgehead atoms. The number of benzene rings is 3. The lowest BCUT2D eigenvalue weighted by molar-refractivity contribution is -0.137. The van der Waals surface area contributed by atoms with Crippen molar-refractivity contribution in [1.29, 1.82) is 0 Å². The van der Waals surface area contributed by atoms with E-state index in [1.807, 2.05) is 30.3 Å². The summed E-state index contributed by atoms with van der Waals surface area (Å²) >= 11 is 0. The number of hydrogen-bond donors (Lipinski definition) is 2. The van der Waals surface area contributed by atoms with E-state index in [1.54, 1.807) is 50.2 Å². The fourth-order valence-corrected chi connectivity index (χ4v) is 4.29. The quantitative estimate of drug-likeness (QED) is 0.234. The van der Waals surface area contributed by atoms with Gasteiger partial charge in [-0.15, -0.1) is 0 Å². The standard InChI is InChI=1S/C32H35N3O8/c1-32(2,35-30(37)29(36)34-22-10-12-24(26(16-22)39-3)28-18-33-20-43-28)14-15-41-23-11-13-25(27(17-23)40-4)31(38)42-19-21-8-6-5-7-9-21/h5-13,16-17,20,28H,14-15,18-19H2,1-4H3,(H,34,36)(H,35,37). The van der Waals surface area contributed by atoms with Crippen molar-refractivity contribution in [3.8, 4) is 17.2 Å². The highest BCUT2D eigenvalue weighted by molar-refractivity contribution is 6.39. The maximum absolute atomic E-state index is 12.7. The number of methoxy groups -OCH3 is 2. The van der Waals surface area contributed by atoms with E-state index in [0.717, 1.165) is 11.1 Å². The van der Waals surface area contributed by atoms with Crippen molar-refractivity contribution in [2.45, 2.75) is 38.5 Å². The summed E-state index contributed by atoms with van der Waals surface area (Å²) in [6.07, 6.45) is 1.53. The molecule has 0 radical (unpaired) electrons. The second-order valence-corrected chi connectivity index (χ2v) is 10.4. The van der Waals surface area contributed by atoms with Crippen LogP contribution in [0.4, 0.5) is 5.69 Å². The van der Waals surface area contributed by atoms with Gasteiger partial charge in [0.15, 0.2) is 6.40 Å². The molecule has 2 N–H and O–H groups in total. The molecule has 11 nitrogen and oxygen atoms in total. The Morgan fingerprint density at radius 3 is 2.42 bits per heavy atom. The fraction of sp³-hybridized carbons (Fsp3) is 0.312. The van der Waals surface area contributed by atoms with E-state index in [-0.39, 0.29) is 24.9 Å². The molecule has 0 saturated heterocycles. The van der Waals surface area contributed by atoms with Gasteiger partial charge in [-0.25, -0.2) is 4.79 Å². The Bertz CT molecular complexity index is 1460. The monoisotopic (exact) mass is 589 g/mol. The molecule has 2 amide bonds. The predicted molar refractivity (Wildman–Crippen MR) is 160 cm³/mol. The first-order valence-corrected chi connectivity index (χ1v) is 13.7. The summed E-state index contributed by atoms with van der Waals surface area (Å²) < 4.78 is 27.5. The van der Waals surface area contributed by atoms with E-state index in [2.05, 4.69) is 15.6 Å². The van der Waals surface area contributed by atoms with Gasteiger partial charge in [0.25, 0.3) is 0 Å². The summed E-state index contributed by atoms with van der Waals surface area (Å²) in [5, 5.41) is 5.33. The van der Waals surface area contributed by atoms with Crippen molar-refractivity contribution in [3.05, 3.63) is 83.4 Å². The van der Waals surface area contributed by atoms with Gasteiger partial charge in [0.1, 0.15) is 35.5 Å². The molecule has 0 saturated carbocycles. The van der Waals surface area contributed by atoms with Gasteiger partial charge >= 0.3 is 17.8 Å². The minimum absolute atomic E-state index is 0.145. The zero-order valence-corrected chi connectivity index (χ0v) is 24.5. The zero-order chi connectivity index (χ0) is 30.8. The molecule has 3 aromatic rings. The molecule has 0 aliphatic carbocycles. The molecule has 0 aromatic heterocycles. The number of esters is 1. The Morgan fingerprint density at radius 2 is 1.72 bits per heavy atom. The first-order valence-electron chi connectivity index (χ1n) is 13.7. The van der Waals surface area contributed by atoms with Gasteiger partial charge in [0.2, 0.25) is 0 Å². The van der Waals surface area contributed by atoms with Crippen LogP contribution in [0, 0.1) is 0 Å². The van der Waals surface area contributed by atoms with E-state index in [1.165, 1.54) is 20.6 Å². The molecule has 4 rings (SSSR count). The highest BCUT2D eigenvalue weighted by Gasteiger charge is 2.26. The Morgan fingerprint density at radius 1 is 0.953 bits per heavy atom. The third kappa shape index (κ3) is 8.48. The number of ether oxygens (including phenoxy) is 5. The van der Waals surface area contributed by atoms with Crippen molar-refractivity contribution in [2.75, 3.05) is 32.7 Å². The smallest absolute Gasteiger partial charge is 0.342 e. The molecule has 43 heavy (non-hydrogen) atoms. The number of hydrogen-bond acceptors (Lipinski definition) is 9. The van der Waals surface area contributed by atoms with Crippen LogP contribution in [-0.2, 0) is 25.7 Å². The normalized spacial score (nSPS) is 13.9. The molecule has 226 valence electrons. The summed E-state index contributed by atoms with van der Waals surface area (Å²) in [7, 11) is 2.98. The van der Waals surface area contributed by atoms with Crippen LogP contribution >= 0.6 is 0 Å². The number of carbonyl (C=O) groups excluding carboxylic acids is 3. The highest BCUT2D eigenvalue weighted by atomic mass is 16.5. The average molecular weight is 590 g/mol. The summed E-state index contributed by atoms with van der Waals surface area (Å²) in [5.41, 5.74) is 1.58. The van der Waals surface area contributed by atoms with Crippen LogP contribution in [0.5, 0.6) is 17.2 Å². The molecule has 0 fully saturated rings. The topological polar surface area (TPSA) is 134 Å². The maximum atomic E-state index is 12.7. The molecule has 1 aliphatic rings. The molecule has 1 heterocycles. The Labute approximate surface area is 250 Å². The molecule has 3 aromatic carbocycles. The van der Waals surface area contributed by atoms with Gasteiger partial charge < -0.3 is 34.3 Å². The van der Waals surface area contributed by atoms with Gasteiger partial charge in [-0.05, 0) is 43.7 Å².